The van der Waals surface area contributed by atoms with E-state index in [1.54, 1.807) is 11.8 Å². The number of benzene rings is 2. The second-order valence-corrected chi connectivity index (χ2v) is 16.1. The van der Waals surface area contributed by atoms with E-state index in [9.17, 15) is 19.4 Å². The average Bonchev–Trinajstić information content (AvgIpc) is 3.85. The standard InChI is InChI=1S/C39H45F3N6O5/c1-5-25-29(41)8-7-21-11-24(50)12-26(31(21)25)33-32(42)34-27(14-43-33)35(45-36(44-34)52-20-39-9-6-10-47(39)17-23(40)13-39)48-16-22-15-46(18-28(22)30(48)19-49)37(51)53-38(2,3)4/h7-8,11-12,14,22-23,28,30,49-50H,5-6,9-10,13,15-20H2,1-4H3/t22?,23-,28?,30?,39+/m1/s1. The van der Waals surface area contributed by atoms with E-state index < -0.39 is 41.1 Å². The van der Waals surface area contributed by atoms with Gasteiger partial charge in [0.05, 0.1) is 23.6 Å². The number of amides is 1. The minimum absolute atomic E-state index is 0.0296. The molecule has 4 aromatic rings. The van der Waals surface area contributed by atoms with E-state index in [2.05, 4.69) is 14.9 Å². The van der Waals surface area contributed by atoms with E-state index in [-0.39, 0.29) is 59.0 Å². The first-order chi connectivity index (χ1) is 25.3. The highest BCUT2D eigenvalue weighted by molar-refractivity contribution is 6.01. The first-order valence-electron chi connectivity index (χ1n) is 18.5. The molecule has 11 nitrogen and oxygen atoms in total. The van der Waals surface area contributed by atoms with Crippen LogP contribution in [0.5, 0.6) is 11.8 Å². The fourth-order valence-electron chi connectivity index (χ4n) is 9.27. The second kappa shape index (κ2) is 13.2. The first-order valence-corrected chi connectivity index (χ1v) is 18.5. The van der Waals surface area contributed by atoms with E-state index >= 15 is 8.78 Å². The highest BCUT2D eigenvalue weighted by Gasteiger charge is 2.51. The molecule has 8 rings (SSSR count). The summed E-state index contributed by atoms with van der Waals surface area (Å²) in [5.41, 5.74) is -0.811. The summed E-state index contributed by atoms with van der Waals surface area (Å²) in [6.07, 6.45) is 2.40. The molecule has 0 spiro atoms. The van der Waals surface area contributed by atoms with Crippen LogP contribution in [0.2, 0.25) is 0 Å². The van der Waals surface area contributed by atoms with E-state index in [1.165, 1.54) is 30.5 Å². The van der Waals surface area contributed by atoms with Crippen molar-refractivity contribution < 1.29 is 37.7 Å². The fourth-order valence-corrected chi connectivity index (χ4v) is 9.27. The number of phenols is 1. The molecule has 4 saturated heterocycles. The number of aromatic nitrogens is 3. The molecule has 1 amide bonds. The molecule has 3 unspecified atom stereocenters. The van der Waals surface area contributed by atoms with Gasteiger partial charge in [0, 0.05) is 56.2 Å². The number of carbonyl (C=O) groups is 1. The SMILES string of the molecule is CCc1c(F)ccc2cc(O)cc(-c3ncc4c(N5CC6CN(C(=O)OC(C)(C)C)CC6C5CO)nc(OC[C@@]56CCCN5C[C@H](F)C6)nc4c3F)c12. The van der Waals surface area contributed by atoms with Crippen LogP contribution in [0.25, 0.3) is 32.9 Å². The van der Waals surface area contributed by atoms with Gasteiger partial charge in [0.15, 0.2) is 5.82 Å². The van der Waals surface area contributed by atoms with Gasteiger partial charge in [-0.2, -0.15) is 9.97 Å². The van der Waals surface area contributed by atoms with Gasteiger partial charge in [-0.25, -0.2) is 18.0 Å². The number of hydrogen-bond donors (Lipinski definition) is 2. The van der Waals surface area contributed by atoms with Crippen molar-refractivity contribution in [3.05, 3.63) is 47.7 Å². The molecule has 4 fully saturated rings. The lowest BCUT2D eigenvalue weighted by Gasteiger charge is -2.32. The van der Waals surface area contributed by atoms with Gasteiger partial charge < -0.3 is 29.5 Å². The van der Waals surface area contributed by atoms with E-state index in [4.69, 9.17) is 14.5 Å². The third-order valence-electron chi connectivity index (χ3n) is 11.6. The minimum atomic E-state index is -0.970. The Hall–Kier alpha value is -4.43. The summed E-state index contributed by atoms with van der Waals surface area (Å²) < 4.78 is 58.8. The Balaban J connectivity index is 1.22. The lowest BCUT2D eigenvalue weighted by molar-refractivity contribution is 0.0278. The highest BCUT2D eigenvalue weighted by Crippen LogP contribution is 2.44. The van der Waals surface area contributed by atoms with Crippen molar-refractivity contribution in [2.24, 2.45) is 11.8 Å². The van der Waals surface area contributed by atoms with Crippen LogP contribution in [-0.4, -0.2) is 110 Å². The van der Waals surface area contributed by atoms with Crippen LogP contribution in [-0.2, 0) is 11.2 Å². The van der Waals surface area contributed by atoms with Crippen LogP contribution >= 0.6 is 0 Å². The van der Waals surface area contributed by atoms with Gasteiger partial charge in [-0.05, 0) is 81.1 Å². The molecule has 5 atom stereocenters. The summed E-state index contributed by atoms with van der Waals surface area (Å²) in [6.45, 7) is 9.41. The second-order valence-electron chi connectivity index (χ2n) is 16.1. The minimum Gasteiger partial charge on any atom is -0.508 e. The van der Waals surface area contributed by atoms with E-state index in [0.29, 0.717) is 61.2 Å². The Labute approximate surface area is 305 Å². The van der Waals surface area contributed by atoms with Gasteiger partial charge in [-0.3, -0.25) is 9.88 Å². The largest absolute Gasteiger partial charge is 0.508 e. The zero-order chi connectivity index (χ0) is 37.4. The third kappa shape index (κ3) is 6.17. The highest BCUT2D eigenvalue weighted by atomic mass is 19.1. The van der Waals surface area contributed by atoms with Crippen LogP contribution in [0.15, 0.2) is 30.5 Å². The fraction of sp³-hybridized carbons (Fsp3) is 0.538. The van der Waals surface area contributed by atoms with Crippen LogP contribution in [0.4, 0.5) is 23.8 Å². The topological polar surface area (TPSA) is 124 Å². The molecule has 14 heteroatoms. The Morgan fingerprint density at radius 1 is 1.11 bits per heavy atom. The number of likely N-dealkylation sites (tertiary alicyclic amines) is 1. The van der Waals surface area contributed by atoms with Crippen LogP contribution in [0.3, 0.4) is 0 Å². The Bertz CT molecular complexity index is 2100. The number of phenolic OH excluding ortho intramolecular Hbond substituents is 1. The number of anilines is 1. The third-order valence-corrected chi connectivity index (χ3v) is 11.6. The number of alkyl halides is 1. The number of ether oxygens (including phenoxy) is 2. The predicted octanol–water partition coefficient (Wildman–Crippen LogP) is 6.01. The molecule has 2 aromatic carbocycles. The quantitative estimate of drug-likeness (QED) is 0.233. The Morgan fingerprint density at radius 2 is 1.92 bits per heavy atom. The van der Waals surface area contributed by atoms with Gasteiger partial charge in [-0.15, -0.1) is 0 Å². The van der Waals surface area contributed by atoms with Crippen molar-refractivity contribution in [3.63, 3.8) is 0 Å². The van der Waals surface area contributed by atoms with Gasteiger partial charge in [0.1, 0.15) is 47.0 Å². The van der Waals surface area contributed by atoms with E-state index in [0.717, 1.165) is 19.4 Å². The number of aliphatic hydroxyl groups is 1. The molecular formula is C39H45F3N6O5. The summed E-state index contributed by atoms with van der Waals surface area (Å²) in [7, 11) is 0. The van der Waals surface area contributed by atoms with Crippen molar-refractivity contribution in [1.82, 2.24) is 24.8 Å². The molecule has 0 saturated carbocycles. The van der Waals surface area contributed by atoms with Gasteiger partial charge in [0.25, 0.3) is 0 Å². The van der Waals surface area contributed by atoms with Crippen molar-refractivity contribution in [3.8, 4) is 23.0 Å². The average molecular weight is 735 g/mol. The molecule has 53 heavy (non-hydrogen) atoms. The number of pyridine rings is 1. The van der Waals surface area contributed by atoms with Gasteiger partial charge in [0.2, 0.25) is 0 Å². The number of aryl methyl sites for hydroxylation is 1. The molecule has 0 bridgehead atoms. The summed E-state index contributed by atoms with van der Waals surface area (Å²) >= 11 is 0. The van der Waals surface area contributed by atoms with Gasteiger partial charge >= 0.3 is 12.1 Å². The van der Waals surface area contributed by atoms with Crippen molar-refractivity contribution >= 4 is 33.6 Å². The molecule has 2 N–H and O–H groups in total. The molecule has 282 valence electrons. The molecule has 0 aliphatic carbocycles. The number of carbonyl (C=O) groups excluding carboxylic acids is 1. The molecule has 4 aliphatic heterocycles. The van der Waals surface area contributed by atoms with Crippen LogP contribution in [0, 0.1) is 23.5 Å². The lowest BCUT2D eigenvalue weighted by atomic mass is 9.94. The summed E-state index contributed by atoms with van der Waals surface area (Å²) in [6, 6.07) is 5.17. The maximum Gasteiger partial charge on any atom is 0.410 e. The number of fused-ring (bicyclic) bond motifs is 4. The number of rotatable bonds is 7. The van der Waals surface area contributed by atoms with Crippen LogP contribution in [0.1, 0.15) is 52.5 Å². The maximum atomic E-state index is 17.1. The number of aromatic hydroxyl groups is 1. The lowest BCUT2D eigenvalue weighted by Crippen LogP contribution is -2.43. The Kier molecular flexibility index (Phi) is 8.83. The summed E-state index contributed by atoms with van der Waals surface area (Å²) in [4.78, 5) is 32.6. The Morgan fingerprint density at radius 3 is 2.68 bits per heavy atom. The smallest absolute Gasteiger partial charge is 0.410 e. The molecule has 2 aromatic heterocycles. The summed E-state index contributed by atoms with van der Waals surface area (Å²) in [5.74, 6) is -1.22. The van der Waals surface area contributed by atoms with Crippen molar-refractivity contribution in [2.75, 3.05) is 50.8 Å². The zero-order valence-corrected chi connectivity index (χ0v) is 30.4. The number of aliphatic hydroxyl groups excluding tert-OH is 1. The normalized spacial score (nSPS) is 25.8. The zero-order valence-electron chi connectivity index (χ0n) is 30.4. The molecule has 6 heterocycles. The van der Waals surface area contributed by atoms with Gasteiger partial charge in [-0.1, -0.05) is 13.0 Å². The summed E-state index contributed by atoms with van der Waals surface area (Å²) in [5, 5.41) is 22.7. The van der Waals surface area contributed by atoms with Crippen molar-refractivity contribution in [2.45, 2.75) is 76.7 Å². The first kappa shape index (κ1) is 35.6. The number of hydrogen-bond acceptors (Lipinski definition) is 10. The molecule has 4 aliphatic rings. The monoisotopic (exact) mass is 734 g/mol. The van der Waals surface area contributed by atoms with Crippen molar-refractivity contribution in [1.29, 1.82) is 0 Å². The molecular weight excluding hydrogens is 689 g/mol. The number of halogens is 3. The predicted molar refractivity (Wildman–Crippen MR) is 193 cm³/mol. The van der Waals surface area contributed by atoms with E-state index in [1.807, 2.05) is 25.7 Å². The van der Waals surface area contributed by atoms with Crippen LogP contribution < -0.4 is 9.64 Å². The maximum absolute atomic E-state index is 17.1. The molecule has 0 radical (unpaired) electrons. The number of nitrogens with zero attached hydrogens (tertiary/aromatic N) is 6.